The molecule has 0 aromatic heterocycles. The minimum absolute atomic E-state index is 0.0552. The molecule has 0 aromatic rings. The monoisotopic (exact) mass is 282 g/mol. The molecule has 0 fully saturated rings. The van der Waals surface area contributed by atoms with Crippen LogP contribution in [0.15, 0.2) is 0 Å². The van der Waals surface area contributed by atoms with Crippen molar-refractivity contribution in [2.24, 2.45) is 11.7 Å². The van der Waals surface area contributed by atoms with Crippen LogP contribution in [0.1, 0.15) is 20.3 Å². The minimum Gasteiger partial charge on any atom is -0.469 e. The second-order valence-electron chi connectivity index (χ2n) is 3.89. The van der Waals surface area contributed by atoms with E-state index in [0.717, 1.165) is 0 Å². The quantitative estimate of drug-likeness (QED) is 0.495. The third-order valence-corrected chi connectivity index (χ3v) is 3.69. The Morgan fingerprint density at radius 2 is 2.00 bits per heavy atom. The van der Waals surface area contributed by atoms with Crippen LogP contribution < -0.4 is 10.5 Å². The number of carbonyl (C=O) groups excluding carboxylic acids is 1. The fourth-order valence-electron chi connectivity index (χ4n) is 1.09. The fraction of sp³-hybridized carbons (Fsp3) is 0.778. The normalized spacial score (nSPS) is 13.4. The van der Waals surface area contributed by atoms with Gasteiger partial charge in [-0.1, -0.05) is 26.1 Å². The third kappa shape index (κ3) is 6.54. The Hall–Kier alpha value is -0.730. The summed E-state index contributed by atoms with van der Waals surface area (Å²) in [7, 11) is -2.39. The molecule has 0 spiro atoms. The summed E-state index contributed by atoms with van der Waals surface area (Å²) in [4.78, 5) is 10.9. The molecule has 0 saturated heterocycles. The summed E-state index contributed by atoms with van der Waals surface area (Å²) < 4.78 is 30.0. The summed E-state index contributed by atoms with van der Waals surface area (Å²) in [6.45, 7) is 3.60. The Labute approximate surface area is 107 Å². The minimum atomic E-state index is -3.59. The molecule has 0 bridgehead atoms. The number of hydrogen-bond acceptors (Lipinski definition) is 5. The van der Waals surface area contributed by atoms with Gasteiger partial charge in [-0.05, 0) is 5.92 Å². The van der Waals surface area contributed by atoms with Crippen LogP contribution in [0, 0.1) is 5.92 Å². The molecule has 3 N–H and O–H groups in total. The molecule has 0 aliphatic rings. The lowest BCUT2D eigenvalue weighted by Gasteiger charge is -2.20. The number of esters is 1. The lowest BCUT2D eigenvalue weighted by molar-refractivity contribution is -0.140. The molecular weight excluding hydrogens is 264 g/mol. The van der Waals surface area contributed by atoms with Gasteiger partial charge in [0.2, 0.25) is 10.0 Å². The van der Waals surface area contributed by atoms with E-state index in [1.807, 2.05) is 0 Å². The topological polar surface area (TPSA) is 98.5 Å². The van der Waals surface area contributed by atoms with Crippen LogP contribution in [-0.4, -0.2) is 38.3 Å². The number of carbonyl (C=O) groups is 1. The molecule has 0 saturated carbocycles. The van der Waals surface area contributed by atoms with E-state index in [9.17, 15) is 13.2 Å². The second kappa shape index (κ2) is 6.87. The predicted octanol–water partition coefficient (Wildman–Crippen LogP) is -0.220. The Morgan fingerprint density at radius 3 is 2.35 bits per heavy atom. The van der Waals surface area contributed by atoms with Crippen molar-refractivity contribution in [2.45, 2.75) is 26.3 Å². The number of rotatable bonds is 7. The Bertz CT molecular complexity index is 378. The smallest absolute Gasteiger partial charge is 0.306 e. The molecule has 0 aliphatic heterocycles. The van der Waals surface area contributed by atoms with Gasteiger partial charge in [0.25, 0.3) is 0 Å². The lowest BCUT2D eigenvalue weighted by atomic mass is 10.1. The van der Waals surface area contributed by atoms with Crippen molar-refractivity contribution in [1.29, 1.82) is 0 Å². The van der Waals surface area contributed by atoms with Crippen LogP contribution in [0.25, 0.3) is 0 Å². The Morgan fingerprint density at radius 1 is 1.47 bits per heavy atom. The number of nitrogens with one attached hydrogen (secondary N) is 1. The van der Waals surface area contributed by atoms with Gasteiger partial charge in [-0.15, -0.1) is 0 Å². The number of thiocarbonyl (C=S) groups is 1. The van der Waals surface area contributed by atoms with Gasteiger partial charge in [0.15, 0.2) is 0 Å². The first-order chi connectivity index (χ1) is 7.69. The first-order valence-corrected chi connectivity index (χ1v) is 7.11. The zero-order valence-corrected chi connectivity index (χ0v) is 11.7. The number of sulfonamides is 1. The summed E-state index contributed by atoms with van der Waals surface area (Å²) in [6.07, 6.45) is -0.200. The zero-order valence-electron chi connectivity index (χ0n) is 10.1. The average Bonchev–Trinajstić information content (AvgIpc) is 2.22. The first-order valence-electron chi connectivity index (χ1n) is 5.05. The predicted molar refractivity (Wildman–Crippen MR) is 69.0 cm³/mol. The van der Waals surface area contributed by atoms with Gasteiger partial charge in [-0.2, -0.15) is 0 Å². The molecule has 100 valence electrons. The largest absolute Gasteiger partial charge is 0.469 e. The third-order valence-electron chi connectivity index (χ3n) is 2.08. The maximum atomic E-state index is 11.6. The fourth-order valence-corrected chi connectivity index (χ4v) is 2.84. The van der Waals surface area contributed by atoms with Gasteiger partial charge in [0.05, 0.1) is 30.3 Å². The molecule has 0 amide bonds. The highest BCUT2D eigenvalue weighted by molar-refractivity contribution is 7.89. The summed E-state index contributed by atoms with van der Waals surface area (Å²) in [6, 6.07) is -0.604. The molecule has 0 heterocycles. The van der Waals surface area contributed by atoms with E-state index < -0.39 is 22.0 Å². The van der Waals surface area contributed by atoms with Crippen LogP contribution in [0.2, 0.25) is 0 Å². The molecule has 1 unspecified atom stereocenters. The van der Waals surface area contributed by atoms with E-state index in [0.29, 0.717) is 0 Å². The van der Waals surface area contributed by atoms with Gasteiger partial charge in [0.1, 0.15) is 0 Å². The number of ether oxygens (including phenoxy) is 1. The Balaban J connectivity index is 4.52. The van der Waals surface area contributed by atoms with Crippen LogP contribution in [0.5, 0.6) is 0 Å². The molecule has 8 heteroatoms. The SMILES string of the molecule is COC(=O)CCS(=O)(=O)NC(C(N)=S)C(C)C. The second-order valence-corrected chi connectivity index (χ2v) is 6.23. The molecule has 0 rings (SSSR count). The summed E-state index contributed by atoms with van der Waals surface area (Å²) in [5.41, 5.74) is 5.44. The van der Waals surface area contributed by atoms with Crippen molar-refractivity contribution in [3.8, 4) is 0 Å². The van der Waals surface area contributed by atoms with Gasteiger partial charge >= 0.3 is 5.97 Å². The highest BCUT2D eigenvalue weighted by Gasteiger charge is 2.23. The molecule has 0 radical (unpaired) electrons. The van der Waals surface area contributed by atoms with Gasteiger partial charge in [-0.3, -0.25) is 4.79 Å². The van der Waals surface area contributed by atoms with Gasteiger partial charge in [-0.25, -0.2) is 13.1 Å². The summed E-state index contributed by atoms with van der Waals surface area (Å²) >= 11 is 4.78. The van der Waals surface area contributed by atoms with Crippen molar-refractivity contribution >= 4 is 33.2 Å². The summed E-state index contributed by atoms with van der Waals surface area (Å²) in [5, 5.41) is 0. The van der Waals surface area contributed by atoms with Crippen molar-refractivity contribution < 1.29 is 17.9 Å². The number of hydrogen-bond donors (Lipinski definition) is 2. The van der Waals surface area contributed by atoms with Crippen LogP contribution >= 0.6 is 12.2 Å². The molecule has 0 aliphatic carbocycles. The number of nitrogens with two attached hydrogens (primary N) is 1. The van der Waals surface area contributed by atoms with Crippen LogP contribution in [0.4, 0.5) is 0 Å². The van der Waals surface area contributed by atoms with Gasteiger partial charge < -0.3 is 10.5 Å². The van der Waals surface area contributed by atoms with Crippen LogP contribution in [-0.2, 0) is 19.6 Å². The maximum Gasteiger partial charge on any atom is 0.306 e. The van der Waals surface area contributed by atoms with Crippen molar-refractivity contribution in [3.05, 3.63) is 0 Å². The van der Waals surface area contributed by atoms with Crippen LogP contribution in [0.3, 0.4) is 0 Å². The van der Waals surface area contributed by atoms with E-state index in [1.165, 1.54) is 7.11 Å². The van der Waals surface area contributed by atoms with E-state index >= 15 is 0 Å². The van der Waals surface area contributed by atoms with E-state index in [2.05, 4.69) is 9.46 Å². The summed E-state index contributed by atoms with van der Waals surface area (Å²) in [5.74, 6) is -0.974. The molecule has 17 heavy (non-hydrogen) atoms. The average molecular weight is 282 g/mol. The first kappa shape index (κ1) is 16.3. The zero-order chi connectivity index (χ0) is 13.6. The standard InChI is InChI=1S/C9H18N2O4S2/c1-6(2)8(9(10)16)11-17(13,14)5-4-7(12)15-3/h6,8,11H,4-5H2,1-3H3,(H2,10,16). The molecule has 1 atom stereocenters. The highest BCUT2D eigenvalue weighted by atomic mass is 32.2. The maximum absolute atomic E-state index is 11.6. The highest BCUT2D eigenvalue weighted by Crippen LogP contribution is 2.05. The Kier molecular flexibility index (Phi) is 6.58. The molecule has 0 aromatic carbocycles. The van der Waals surface area contributed by atoms with Crippen molar-refractivity contribution in [1.82, 2.24) is 4.72 Å². The molecule has 6 nitrogen and oxygen atoms in total. The van der Waals surface area contributed by atoms with E-state index in [-0.39, 0.29) is 23.1 Å². The van der Waals surface area contributed by atoms with Crippen molar-refractivity contribution in [2.75, 3.05) is 12.9 Å². The van der Waals surface area contributed by atoms with Gasteiger partial charge in [0, 0.05) is 0 Å². The van der Waals surface area contributed by atoms with E-state index in [4.69, 9.17) is 18.0 Å². The molecular formula is C9H18N2O4S2. The lowest BCUT2D eigenvalue weighted by Crippen LogP contribution is -2.47. The van der Waals surface area contributed by atoms with Crippen molar-refractivity contribution in [3.63, 3.8) is 0 Å². The van der Waals surface area contributed by atoms with E-state index in [1.54, 1.807) is 13.8 Å². The number of methoxy groups -OCH3 is 1.